The molecule has 1 atom stereocenters. The molecule has 1 aromatic heterocycles. The van der Waals surface area contributed by atoms with Gasteiger partial charge in [-0.05, 0) is 30.4 Å². The topological polar surface area (TPSA) is 43.8 Å². The highest BCUT2D eigenvalue weighted by atomic mass is 19.1. The molecule has 2 aromatic rings. The van der Waals surface area contributed by atoms with Crippen molar-refractivity contribution < 1.29 is 4.39 Å². The Labute approximate surface area is 119 Å². The summed E-state index contributed by atoms with van der Waals surface area (Å²) >= 11 is 0. The van der Waals surface area contributed by atoms with Crippen LogP contribution in [0.25, 0.3) is 11.0 Å². The molecule has 1 aliphatic carbocycles. The van der Waals surface area contributed by atoms with Crippen molar-refractivity contribution in [2.75, 3.05) is 0 Å². The lowest BCUT2D eigenvalue weighted by Crippen LogP contribution is -2.37. The number of halogens is 1. The van der Waals surface area contributed by atoms with Crippen molar-refractivity contribution in [2.45, 2.75) is 52.1 Å². The molecule has 2 N–H and O–H groups in total. The van der Waals surface area contributed by atoms with E-state index in [1.807, 2.05) is 6.07 Å². The number of fused-ring (bicyclic) bond motifs is 1. The van der Waals surface area contributed by atoms with Crippen LogP contribution in [0.1, 0.15) is 45.5 Å². The van der Waals surface area contributed by atoms with Gasteiger partial charge in [-0.15, -0.1) is 0 Å². The van der Waals surface area contributed by atoms with Crippen LogP contribution in [0.3, 0.4) is 0 Å². The molecule has 1 fully saturated rings. The van der Waals surface area contributed by atoms with Crippen molar-refractivity contribution in [1.82, 2.24) is 9.55 Å². The van der Waals surface area contributed by atoms with Crippen molar-refractivity contribution in [2.24, 2.45) is 11.1 Å². The van der Waals surface area contributed by atoms with Crippen molar-refractivity contribution in [3.8, 4) is 0 Å². The molecule has 4 heteroatoms. The van der Waals surface area contributed by atoms with E-state index in [1.54, 1.807) is 0 Å². The summed E-state index contributed by atoms with van der Waals surface area (Å²) in [6.45, 7) is 6.42. The Morgan fingerprint density at radius 3 is 2.70 bits per heavy atom. The summed E-state index contributed by atoms with van der Waals surface area (Å²) in [4.78, 5) is 4.63. The summed E-state index contributed by atoms with van der Waals surface area (Å²) in [5, 5.41) is 0. The highest BCUT2D eigenvalue weighted by Crippen LogP contribution is 2.39. The van der Waals surface area contributed by atoms with Gasteiger partial charge in [0, 0.05) is 24.6 Å². The molecule has 0 bridgehead atoms. The number of nitrogens with two attached hydrogens (primary N) is 1. The van der Waals surface area contributed by atoms with E-state index in [-0.39, 0.29) is 17.3 Å². The molecule has 0 radical (unpaired) electrons. The Bertz CT molecular complexity index is 635. The first kappa shape index (κ1) is 13.6. The molecule has 3 nitrogen and oxygen atoms in total. The van der Waals surface area contributed by atoms with Gasteiger partial charge in [0.05, 0.1) is 11.0 Å². The second-order valence-corrected chi connectivity index (χ2v) is 6.94. The molecule has 0 amide bonds. The second-order valence-electron chi connectivity index (χ2n) is 6.94. The lowest BCUT2D eigenvalue weighted by atomic mass is 9.85. The van der Waals surface area contributed by atoms with E-state index in [9.17, 15) is 4.39 Å². The molecule has 1 aromatic carbocycles. The first-order chi connectivity index (χ1) is 9.36. The fourth-order valence-corrected chi connectivity index (χ4v) is 2.51. The third-order valence-corrected chi connectivity index (χ3v) is 4.15. The van der Waals surface area contributed by atoms with E-state index in [2.05, 4.69) is 30.3 Å². The van der Waals surface area contributed by atoms with E-state index < -0.39 is 0 Å². The Morgan fingerprint density at radius 1 is 1.40 bits per heavy atom. The molecule has 1 unspecified atom stereocenters. The van der Waals surface area contributed by atoms with E-state index in [0.29, 0.717) is 6.04 Å². The summed E-state index contributed by atoms with van der Waals surface area (Å²) in [5.41, 5.74) is 8.11. The minimum Gasteiger partial charge on any atom is -0.327 e. The predicted octanol–water partition coefficient (Wildman–Crippen LogP) is 3.43. The van der Waals surface area contributed by atoms with Crippen LogP contribution in [0.4, 0.5) is 4.39 Å². The summed E-state index contributed by atoms with van der Waals surface area (Å²) in [7, 11) is 0. The second kappa shape index (κ2) is 4.55. The van der Waals surface area contributed by atoms with Gasteiger partial charge in [0.25, 0.3) is 0 Å². The van der Waals surface area contributed by atoms with Crippen LogP contribution < -0.4 is 5.73 Å². The van der Waals surface area contributed by atoms with Gasteiger partial charge in [0.15, 0.2) is 0 Å². The van der Waals surface area contributed by atoms with Crippen LogP contribution in [0.5, 0.6) is 0 Å². The Balaban J connectivity index is 2.03. The SMILES string of the molecule is CC(C)(C)C(N)Cc1nc2cc(F)ccc2n1C1CC1. The first-order valence-electron chi connectivity index (χ1n) is 7.28. The average Bonchev–Trinajstić information content (AvgIpc) is 3.10. The van der Waals surface area contributed by atoms with Crippen molar-refractivity contribution in [3.63, 3.8) is 0 Å². The van der Waals surface area contributed by atoms with Gasteiger partial charge in [-0.3, -0.25) is 0 Å². The van der Waals surface area contributed by atoms with Gasteiger partial charge in [0.1, 0.15) is 11.6 Å². The zero-order valence-electron chi connectivity index (χ0n) is 12.4. The monoisotopic (exact) mass is 275 g/mol. The fraction of sp³-hybridized carbons (Fsp3) is 0.562. The molecule has 0 aliphatic heterocycles. The van der Waals surface area contributed by atoms with Crippen molar-refractivity contribution in [1.29, 1.82) is 0 Å². The number of benzene rings is 1. The maximum Gasteiger partial charge on any atom is 0.125 e. The maximum absolute atomic E-state index is 13.4. The summed E-state index contributed by atoms with van der Waals surface area (Å²) in [6.07, 6.45) is 3.09. The minimum atomic E-state index is -0.232. The summed E-state index contributed by atoms with van der Waals surface area (Å²) in [6, 6.07) is 5.42. The Kier molecular flexibility index (Phi) is 3.09. The van der Waals surface area contributed by atoms with Crippen molar-refractivity contribution >= 4 is 11.0 Å². The average molecular weight is 275 g/mol. The molecule has 0 spiro atoms. The number of aromatic nitrogens is 2. The van der Waals surface area contributed by atoms with Crippen LogP contribution >= 0.6 is 0 Å². The number of nitrogens with zero attached hydrogens (tertiary/aromatic N) is 2. The van der Waals surface area contributed by atoms with E-state index in [4.69, 9.17) is 5.73 Å². The molecule has 1 heterocycles. The quantitative estimate of drug-likeness (QED) is 0.932. The van der Waals surface area contributed by atoms with Crippen molar-refractivity contribution in [3.05, 3.63) is 29.8 Å². The zero-order valence-corrected chi connectivity index (χ0v) is 12.4. The largest absolute Gasteiger partial charge is 0.327 e. The molecule has 0 saturated heterocycles. The lowest BCUT2D eigenvalue weighted by molar-refractivity contribution is 0.313. The third-order valence-electron chi connectivity index (χ3n) is 4.15. The Morgan fingerprint density at radius 2 is 2.10 bits per heavy atom. The van der Waals surface area contributed by atoms with Crippen LogP contribution in [-0.2, 0) is 6.42 Å². The fourth-order valence-electron chi connectivity index (χ4n) is 2.51. The van der Waals surface area contributed by atoms with Gasteiger partial charge in [-0.1, -0.05) is 20.8 Å². The maximum atomic E-state index is 13.4. The molecule has 20 heavy (non-hydrogen) atoms. The smallest absolute Gasteiger partial charge is 0.125 e. The number of hydrogen-bond acceptors (Lipinski definition) is 2. The molecule has 3 rings (SSSR count). The van der Waals surface area contributed by atoms with Gasteiger partial charge >= 0.3 is 0 Å². The highest BCUT2D eigenvalue weighted by molar-refractivity contribution is 5.76. The van der Waals surface area contributed by atoms with Gasteiger partial charge in [-0.2, -0.15) is 0 Å². The minimum absolute atomic E-state index is 0.0394. The van der Waals surface area contributed by atoms with Gasteiger partial charge in [-0.25, -0.2) is 9.37 Å². The van der Waals surface area contributed by atoms with Gasteiger partial charge < -0.3 is 10.3 Å². The van der Waals surface area contributed by atoms with Crippen LogP contribution in [-0.4, -0.2) is 15.6 Å². The third kappa shape index (κ3) is 2.44. The Hall–Kier alpha value is -1.42. The normalized spacial score (nSPS) is 17.6. The number of hydrogen-bond donors (Lipinski definition) is 1. The molecular weight excluding hydrogens is 253 g/mol. The summed E-state index contributed by atoms with van der Waals surface area (Å²) in [5.74, 6) is 0.764. The van der Waals surface area contributed by atoms with Crippen LogP contribution in [0.15, 0.2) is 18.2 Å². The molecule has 108 valence electrons. The van der Waals surface area contributed by atoms with Crippen LogP contribution in [0.2, 0.25) is 0 Å². The highest BCUT2D eigenvalue weighted by Gasteiger charge is 2.30. The van der Waals surface area contributed by atoms with E-state index in [1.165, 1.54) is 25.0 Å². The predicted molar refractivity (Wildman–Crippen MR) is 79.1 cm³/mol. The number of rotatable bonds is 3. The van der Waals surface area contributed by atoms with E-state index in [0.717, 1.165) is 23.3 Å². The summed E-state index contributed by atoms with van der Waals surface area (Å²) < 4.78 is 15.6. The first-order valence-corrected chi connectivity index (χ1v) is 7.28. The zero-order chi connectivity index (χ0) is 14.5. The molecule has 1 aliphatic rings. The van der Waals surface area contributed by atoms with Crippen LogP contribution in [0, 0.1) is 11.2 Å². The number of imidazole rings is 1. The standard InChI is InChI=1S/C16H22FN3/c1-16(2,3)14(18)9-15-19-12-8-10(17)4-7-13(12)20(15)11-5-6-11/h4,7-8,11,14H,5-6,9,18H2,1-3H3. The van der Waals surface area contributed by atoms with Gasteiger partial charge in [0.2, 0.25) is 0 Å². The molecular formula is C16H22FN3. The van der Waals surface area contributed by atoms with E-state index >= 15 is 0 Å². The lowest BCUT2D eigenvalue weighted by Gasteiger charge is -2.27. The molecule has 1 saturated carbocycles.